The van der Waals surface area contributed by atoms with Crippen LogP contribution in [0.25, 0.3) is 11.1 Å². The van der Waals surface area contributed by atoms with Crippen molar-refractivity contribution in [2.75, 3.05) is 25.5 Å². The van der Waals surface area contributed by atoms with Crippen LogP contribution in [0.3, 0.4) is 0 Å². The molecule has 2 heterocycles. The second-order valence-corrected chi connectivity index (χ2v) is 5.23. The van der Waals surface area contributed by atoms with Gasteiger partial charge in [-0.2, -0.15) is 0 Å². The van der Waals surface area contributed by atoms with Crippen LogP contribution in [0.2, 0.25) is 0 Å². The molecule has 0 fully saturated rings. The van der Waals surface area contributed by atoms with Gasteiger partial charge in [0.15, 0.2) is 11.5 Å². The normalized spacial score (nSPS) is 16.8. The van der Waals surface area contributed by atoms with Gasteiger partial charge in [-0.25, -0.2) is 4.98 Å². The summed E-state index contributed by atoms with van der Waals surface area (Å²) in [4.78, 5) is 6.83. The van der Waals surface area contributed by atoms with Crippen molar-refractivity contribution in [3.8, 4) is 0 Å². The van der Waals surface area contributed by atoms with Gasteiger partial charge in [-0.15, -0.1) is 11.6 Å². The summed E-state index contributed by atoms with van der Waals surface area (Å²) in [6.45, 7) is 5.04. The van der Waals surface area contributed by atoms with E-state index in [9.17, 15) is 0 Å². The third-order valence-electron chi connectivity index (χ3n) is 3.61. The first-order valence-electron chi connectivity index (χ1n) is 6.43. The van der Waals surface area contributed by atoms with E-state index >= 15 is 0 Å². The molecule has 0 aliphatic carbocycles. The van der Waals surface area contributed by atoms with Crippen LogP contribution in [0, 0.1) is 6.92 Å². The van der Waals surface area contributed by atoms with Crippen LogP contribution >= 0.6 is 11.6 Å². The van der Waals surface area contributed by atoms with E-state index in [1.807, 2.05) is 6.92 Å². The van der Waals surface area contributed by atoms with Gasteiger partial charge in [0.2, 0.25) is 0 Å². The predicted octanol–water partition coefficient (Wildman–Crippen LogP) is 2.78. The van der Waals surface area contributed by atoms with E-state index in [1.54, 1.807) is 0 Å². The molecule has 4 heteroatoms. The molecule has 0 spiro atoms. The van der Waals surface area contributed by atoms with E-state index in [0.29, 0.717) is 5.88 Å². The number of hydrogen-bond donors (Lipinski definition) is 0. The van der Waals surface area contributed by atoms with Crippen LogP contribution in [0.1, 0.15) is 17.0 Å². The third-order valence-corrected chi connectivity index (χ3v) is 3.78. The van der Waals surface area contributed by atoms with Crippen LogP contribution in [0.5, 0.6) is 0 Å². The Morgan fingerprint density at radius 3 is 2.72 bits per heavy atom. The van der Waals surface area contributed by atoms with Crippen LogP contribution in [0.4, 0.5) is 0 Å². The topological polar surface area (TPSA) is 29.3 Å². The maximum Gasteiger partial charge on any atom is 0.192 e. The summed E-state index contributed by atoms with van der Waals surface area (Å²) in [7, 11) is 0. The van der Waals surface area contributed by atoms with Crippen molar-refractivity contribution < 1.29 is 4.42 Å². The van der Waals surface area contributed by atoms with Gasteiger partial charge in [0.05, 0.1) is 0 Å². The molecule has 0 N–H and O–H groups in total. The minimum atomic E-state index is 0.708. The maximum atomic E-state index is 5.82. The smallest absolute Gasteiger partial charge is 0.192 e. The highest BCUT2D eigenvalue weighted by atomic mass is 35.5. The fourth-order valence-electron chi connectivity index (χ4n) is 2.65. The molecule has 1 aliphatic heterocycles. The van der Waals surface area contributed by atoms with Crippen LogP contribution in [-0.2, 0) is 12.8 Å². The van der Waals surface area contributed by atoms with Gasteiger partial charge in [0, 0.05) is 32.4 Å². The standard InChI is InChI=1S/C14H17ClN2O/c1-10-16-13-8-11-2-5-17(7-4-15)6-3-12(11)9-14(13)18-10/h8-9H,2-7H2,1H3. The highest BCUT2D eigenvalue weighted by molar-refractivity contribution is 6.18. The van der Waals surface area contributed by atoms with Gasteiger partial charge in [-0.3, -0.25) is 0 Å². The molecule has 1 aliphatic rings. The summed E-state index contributed by atoms with van der Waals surface area (Å²) < 4.78 is 5.60. The fraction of sp³-hybridized carbons (Fsp3) is 0.500. The zero-order chi connectivity index (χ0) is 12.5. The SMILES string of the molecule is Cc1nc2cc3c(cc2o1)CCN(CCCl)CC3. The molecule has 0 amide bonds. The van der Waals surface area contributed by atoms with Crippen LogP contribution < -0.4 is 0 Å². The molecule has 3 rings (SSSR count). The predicted molar refractivity (Wildman–Crippen MR) is 73.3 cm³/mol. The van der Waals surface area contributed by atoms with Crippen molar-refractivity contribution >= 4 is 22.7 Å². The molecule has 1 aromatic heterocycles. The van der Waals surface area contributed by atoms with Crippen LogP contribution in [-0.4, -0.2) is 35.4 Å². The van der Waals surface area contributed by atoms with Crippen molar-refractivity contribution in [2.45, 2.75) is 19.8 Å². The molecule has 2 aromatic rings. The highest BCUT2D eigenvalue weighted by Gasteiger charge is 2.15. The van der Waals surface area contributed by atoms with Gasteiger partial charge in [0.1, 0.15) is 5.52 Å². The second-order valence-electron chi connectivity index (χ2n) is 4.85. The van der Waals surface area contributed by atoms with E-state index < -0.39 is 0 Å². The molecule has 0 atom stereocenters. The maximum absolute atomic E-state index is 5.82. The van der Waals surface area contributed by atoms with Gasteiger partial charge in [0.25, 0.3) is 0 Å². The summed E-state index contributed by atoms with van der Waals surface area (Å²) in [5, 5.41) is 0. The average molecular weight is 265 g/mol. The molecule has 3 nitrogen and oxygen atoms in total. The molecular weight excluding hydrogens is 248 g/mol. The molecule has 0 unspecified atom stereocenters. The van der Waals surface area contributed by atoms with Gasteiger partial charge < -0.3 is 9.32 Å². The molecule has 0 saturated carbocycles. The number of rotatable bonds is 2. The summed E-state index contributed by atoms with van der Waals surface area (Å²) in [6.07, 6.45) is 2.15. The van der Waals surface area contributed by atoms with Crippen molar-refractivity contribution in [3.05, 3.63) is 29.2 Å². The monoisotopic (exact) mass is 264 g/mol. The van der Waals surface area contributed by atoms with E-state index in [-0.39, 0.29) is 0 Å². The van der Waals surface area contributed by atoms with Crippen molar-refractivity contribution in [2.24, 2.45) is 0 Å². The number of benzene rings is 1. The molecular formula is C14H17ClN2O. The summed E-state index contributed by atoms with van der Waals surface area (Å²) >= 11 is 5.82. The molecule has 0 bridgehead atoms. The number of alkyl halides is 1. The second kappa shape index (κ2) is 4.90. The summed E-state index contributed by atoms with van der Waals surface area (Å²) in [5.74, 6) is 1.45. The molecule has 96 valence electrons. The highest BCUT2D eigenvalue weighted by Crippen LogP contribution is 2.23. The fourth-order valence-corrected chi connectivity index (χ4v) is 2.89. The lowest BCUT2D eigenvalue weighted by Gasteiger charge is -2.17. The lowest BCUT2D eigenvalue weighted by atomic mass is 10.0. The zero-order valence-corrected chi connectivity index (χ0v) is 11.3. The number of aryl methyl sites for hydroxylation is 1. The number of fused-ring (bicyclic) bond motifs is 2. The van der Waals surface area contributed by atoms with E-state index in [0.717, 1.165) is 49.5 Å². The third kappa shape index (κ3) is 2.25. The quantitative estimate of drug-likeness (QED) is 0.781. The van der Waals surface area contributed by atoms with Crippen LogP contribution in [0.15, 0.2) is 16.5 Å². The molecule has 1 aromatic carbocycles. The molecule has 0 radical (unpaired) electrons. The van der Waals surface area contributed by atoms with Gasteiger partial charge >= 0.3 is 0 Å². The number of hydrogen-bond acceptors (Lipinski definition) is 3. The lowest BCUT2D eigenvalue weighted by Crippen LogP contribution is -2.28. The van der Waals surface area contributed by atoms with Gasteiger partial charge in [-0.05, 0) is 36.1 Å². The molecule has 0 saturated heterocycles. The Balaban J connectivity index is 1.92. The Morgan fingerprint density at radius 2 is 2.00 bits per heavy atom. The van der Waals surface area contributed by atoms with Gasteiger partial charge in [-0.1, -0.05) is 0 Å². The Morgan fingerprint density at radius 1 is 1.28 bits per heavy atom. The Kier molecular flexibility index (Phi) is 3.27. The summed E-state index contributed by atoms with van der Waals surface area (Å²) in [6, 6.07) is 4.35. The number of halogens is 1. The minimum absolute atomic E-state index is 0.708. The first kappa shape index (κ1) is 12.0. The van der Waals surface area contributed by atoms with Crippen molar-refractivity contribution in [3.63, 3.8) is 0 Å². The first-order chi connectivity index (χ1) is 8.76. The Bertz CT molecular complexity index is 519. The van der Waals surface area contributed by atoms with E-state index in [2.05, 4.69) is 22.0 Å². The van der Waals surface area contributed by atoms with E-state index in [4.69, 9.17) is 16.0 Å². The average Bonchev–Trinajstić information content (AvgIpc) is 2.59. The number of nitrogens with zero attached hydrogens (tertiary/aromatic N) is 2. The Hall–Kier alpha value is -1.06. The zero-order valence-electron chi connectivity index (χ0n) is 10.6. The number of oxazole rings is 1. The Labute approximate surface area is 112 Å². The lowest BCUT2D eigenvalue weighted by molar-refractivity contribution is 0.305. The largest absolute Gasteiger partial charge is 0.441 e. The van der Waals surface area contributed by atoms with E-state index in [1.165, 1.54) is 11.1 Å². The minimum Gasteiger partial charge on any atom is -0.441 e. The summed E-state index contributed by atoms with van der Waals surface area (Å²) in [5.41, 5.74) is 4.71. The number of aromatic nitrogens is 1. The van der Waals surface area contributed by atoms with Crippen molar-refractivity contribution in [1.29, 1.82) is 0 Å². The molecule has 18 heavy (non-hydrogen) atoms. The first-order valence-corrected chi connectivity index (χ1v) is 6.97. The van der Waals surface area contributed by atoms with Crippen molar-refractivity contribution in [1.82, 2.24) is 9.88 Å².